The minimum absolute atomic E-state index is 0.0438. The number of rotatable bonds is 8. The smallest absolute Gasteiger partial charge is 0.251 e. The Balaban J connectivity index is 1.48. The molecule has 0 unspecified atom stereocenters. The summed E-state index contributed by atoms with van der Waals surface area (Å²) < 4.78 is 7.34. The molecule has 5 nitrogen and oxygen atoms in total. The number of hydrogen-bond acceptors (Lipinski definition) is 3. The van der Waals surface area contributed by atoms with Crippen LogP contribution in [0.1, 0.15) is 39.3 Å². The van der Waals surface area contributed by atoms with Gasteiger partial charge >= 0.3 is 0 Å². The summed E-state index contributed by atoms with van der Waals surface area (Å²) in [6.45, 7) is 5.38. The zero-order valence-corrected chi connectivity index (χ0v) is 16.7. The summed E-state index contributed by atoms with van der Waals surface area (Å²) in [6, 6.07) is 17.8. The van der Waals surface area contributed by atoms with Crippen LogP contribution >= 0.6 is 0 Å². The van der Waals surface area contributed by atoms with Crippen molar-refractivity contribution < 1.29 is 9.53 Å². The van der Waals surface area contributed by atoms with Crippen LogP contribution in [-0.4, -0.2) is 29.3 Å². The van der Waals surface area contributed by atoms with Crippen LogP contribution in [0.5, 0.6) is 5.75 Å². The summed E-state index contributed by atoms with van der Waals surface area (Å²) in [5.41, 5.74) is 5.11. The first-order valence-electron chi connectivity index (χ1n) is 9.57. The molecule has 0 aliphatic rings. The number of nitrogens with one attached hydrogen (secondary N) is 1. The van der Waals surface area contributed by atoms with E-state index in [9.17, 15) is 4.79 Å². The third-order valence-corrected chi connectivity index (χ3v) is 4.75. The van der Waals surface area contributed by atoms with Crippen molar-refractivity contribution in [1.82, 2.24) is 15.1 Å². The van der Waals surface area contributed by atoms with Crippen molar-refractivity contribution >= 4 is 5.91 Å². The standard InChI is InChI=1S/C23H27N3O2/c1-17-15-18(2)26(25-17)16-19-10-12-21(13-11-19)23(27)24-14-6-8-20-7-4-5-9-22(20)28-3/h4-5,7,9-13,15H,6,8,14,16H2,1-3H3,(H,24,27). The molecule has 0 bridgehead atoms. The second-order valence-corrected chi connectivity index (χ2v) is 6.95. The number of ether oxygens (including phenoxy) is 1. The maximum atomic E-state index is 12.4. The maximum absolute atomic E-state index is 12.4. The summed E-state index contributed by atoms with van der Waals surface area (Å²) in [6.07, 6.45) is 1.73. The molecule has 0 radical (unpaired) electrons. The molecule has 28 heavy (non-hydrogen) atoms. The van der Waals surface area contributed by atoms with Gasteiger partial charge in [0.25, 0.3) is 5.91 Å². The highest BCUT2D eigenvalue weighted by atomic mass is 16.5. The Morgan fingerprint density at radius 2 is 1.86 bits per heavy atom. The number of methoxy groups -OCH3 is 1. The van der Waals surface area contributed by atoms with Crippen LogP contribution in [-0.2, 0) is 13.0 Å². The van der Waals surface area contributed by atoms with Gasteiger partial charge in [-0.3, -0.25) is 9.48 Å². The van der Waals surface area contributed by atoms with Gasteiger partial charge in [-0.1, -0.05) is 30.3 Å². The lowest BCUT2D eigenvalue weighted by molar-refractivity contribution is 0.0953. The number of benzene rings is 2. The van der Waals surface area contributed by atoms with Crippen LogP contribution < -0.4 is 10.1 Å². The Morgan fingerprint density at radius 3 is 2.54 bits per heavy atom. The molecule has 0 aliphatic carbocycles. The molecule has 0 saturated carbocycles. The molecule has 0 atom stereocenters. The van der Waals surface area contributed by atoms with E-state index in [1.165, 1.54) is 0 Å². The molecule has 3 rings (SSSR count). The number of carbonyl (C=O) groups excluding carboxylic acids is 1. The van der Waals surface area contributed by atoms with E-state index in [2.05, 4.69) is 22.5 Å². The Labute approximate surface area is 166 Å². The minimum atomic E-state index is -0.0438. The number of hydrogen-bond donors (Lipinski definition) is 1. The number of para-hydroxylation sites is 1. The third kappa shape index (κ3) is 5.00. The van der Waals surface area contributed by atoms with Gasteiger partial charge in [-0.15, -0.1) is 0 Å². The Kier molecular flexibility index (Phi) is 6.48. The zero-order chi connectivity index (χ0) is 19.9. The maximum Gasteiger partial charge on any atom is 0.251 e. The molecule has 146 valence electrons. The zero-order valence-electron chi connectivity index (χ0n) is 16.7. The molecule has 2 aromatic carbocycles. The van der Waals surface area contributed by atoms with Crippen molar-refractivity contribution in [1.29, 1.82) is 0 Å². The fourth-order valence-electron chi connectivity index (χ4n) is 3.26. The average molecular weight is 377 g/mol. The molecule has 0 spiro atoms. The number of nitrogens with zero attached hydrogens (tertiary/aromatic N) is 2. The van der Waals surface area contributed by atoms with Gasteiger partial charge in [-0.25, -0.2) is 0 Å². The molecule has 1 N–H and O–H groups in total. The summed E-state index contributed by atoms with van der Waals surface area (Å²) in [4.78, 5) is 12.4. The van der Waals surface area contributed by atoms with Gasteiger partial charge in [0.2, 0.25) is 0 Å². The topological polar surface area (TPSA) is 56.1 Å². The van der Waals surface area contributed by atoms with E-state index in [0.29, 0.717) is 18.7 Å². The predicted molar refractivity (Wildman–Crippen MR) is 111 cm³/mol. The molecule has 3 aromatic rings. The number of aromatic nitrogens is 2. The molecular weight excluding hydrogens is 350 g/mol. The van der Waals surface area contributed by atoms with Crippen molar-refractivity contribution in [3.05, 3.63) is 82.7 Å². The van der Waals surface area contributed by atoms with Gasteiger partial charge < -0.3 is 10.1 Å². The van der Waals surface area contributed by atoms with Crippen LogP contribution in [0.3, 0.4) is 0 Å². The Morgan fingerprint density at radius 1 is 1.11 bits per heavy atom. The minimum Gasteiger partial charge on any atom is -0.496 e. The van der Waals surface area contributed by atoms with Gasteiger partial charge in [-0.2, -0.15) is 5.10 Å². The number of amides is 1. The normalized spacial score (nSPS) is 10.7. The quantitative estimate of drug-likeness (QED) is 0.606. The van der Waals surface area contributed by atoms with E-state index in [-0.39, 0.29) is 5.91 Å². The fourth-order valence-corrected chi connectivity index (χ4v) is 3.26. The van der Waals surface area contributed by atoms with Crippen molar-refractivity contribution in [2.24, 2.45) is 0 Å². The summed E-state index contributed by atoms with van der Waals surface area (Å²) in [5.74, 6) is 0.852. The van der Waals surface area contributed by atoms with Crippen LogP contribution in [0.4, 0.5) is 0 Å². The Bertz CT molecular complexity index is 929. The van der Waals surface area contributed by atoms with Gasteiger partial charge in [0.1, 0.15) is 5.75 Å². The average Bonchev–Trinajstić information content (AvgIpc) is 3.02. The number of aryl methyl sites for hydroxylation is 3. The lowest BCUT2D eigenvalue weighted by Gasteiger charge is -2.09. The van der Waals surface area contributed by atoms with Crippen LogP contribution in [0.25, 0.3) is 0 Å². The predicted octanol–water partition coefficient (Wildman–Crippen LogP) is 3.92. The molecule has 1 amide bonds. The second kappa shape index (κ2) is 9.22. The summed E-state index contributed by atoms with van der Waals surface area (Å²) in [5, 5.41) is 7.47. The second-order valence-electron chi connectivity index (χ2n) is 6.95. The van der Waals surface area contributed by atoms with Crippen LogP contribution in [0, 0.1) is 13.8 Å². The first kappa shape index (κ1) is 19.7. The lowest BCUT2D eigenvalue weighted by atomic mass is 10.1. The van der Waals surface area contributed by atoms with E-state index in [4.69, 9.17) is 4.74 Å². The highest BCUT2D eigenvalue weighted by molar-refractivity contribution is 5.94. The molecular formula is C23H27N3O2. The molecule has 0 aliphatic heterocycles. The van der Waals surface area contributed by atoms with E-state index in [0.717, 1.165) is 41.1 Å². The molecule has 0 fully saturated rings. The Hall–Kier alpha value is -3.08. The molecule has 5 heteroatoms. The first-order valence-corrected chi connectivity index (χ1v) is 9.57. The molecule has 0 saturated heterocycles. The third-order valence-electron chi connectivity index (χ3n) is 4.75. The van der Waals surface area contributed by atoms with Gasteiger partial charge in [0.05, 0.1) is 19.3 Å². The highest BCUT2D eigenvalue weighted by Crippen LogP contribution is 2.18. The highest BCUT2D eigenvalue weighted by Gasteiger charge is 2.07. The SMILES string of the molecule is COc1ccccc1CCCNC(=O)c1ccc(Cn2nc(C)cc2C)cc1. The molecule has 1 heterocycles. The van der Waals surface area contributed by atoms with Crippen molar-refractivity contribution in [3.8, 4) is 5.75 Å². The van der Waals surface area contributed by atoms with Crippen LogP contribution in [0.2, 0.25) is 0 Å². The van der Waals surface area contributed by atoms with E-state index < -0.39 is 0 Å². The van der Waals surface area contributed by atoms with E-state index >= 15 is 0 Å². The fraction of sp³-hybridized carbons (Fsp3) is 0.304. The van der Waals surface area contributed by atoms with E-state index in [1.54, 1.807) is 7.11 Å². The molecule has 1 aromatic heterocycles. The number of carbonyl (C=O) groups is 1. The van der Waals surface area contributed by atoms with Gasteiger partial charge in [0.15, 0.2) is 0 Å². The van der Waals surface area contributed by atoms with Crippen molar-refractivity contribution in [3.63, 3.8) is 0 Å². The van der Waals surface area contributed by atoms with Crippen molar-refractivity contribution in [2.75, 3.05) is 13.7 Å². The summed E-state index contributed by atoms with van der Waals surface area (Å²) >= 11 is 0. The van der Waals surface area contributed by atoms with Crippen LogP contribution in [0.15, 0.2) is 54.6 Å². The van der Waals surface area contributed by atoms with Crippen molar-refractivity contribution in [2.45, 2.75) is 33.2 Å². The lowest BCUT2D eigenvalue weighted by Crippen LogP contribution is -2.24. The largest absolute Gasteiger partial charge is 0.496 e. The monoisotopic (exact) mass is 377 g/mol. The van der Waals surface area contributed by atoms with Gasteiger partial charge in [-0.05, 0) is 62.1 Å². The summed E-state index contributed by atoms with van der Waals surface area (Å²) in [7, 11) is 1.68. The van der Waals surface area contributed by atoms with Gasteiger partial charge in [0, 0.05) is 17.8 Å². The first-order chi connectivity index (χ1) is 13.6. The van der Waals surface area contributed by atoms with E-state index in [1.807, 2.05) is 61.0 Å².